The van der Waals surface area contributed by atoms with E-state index in [4.69, 9.17) is 0 Å². The normalized spacial score (nSPS) is 24.1. The van der Waals surface area contributed by atoms with Crippen molar-refractivity contribution in [1.29, 1.82) is 0 Å². The molecule has 1 unspecified atom stereocenters. The average molecular weight is 371 g/mol. The van der Waals surface area contributed by atoms with Crippen LogP contribution in [0.15, 0.2) is 6.33 Å². The Morgan fingerprint density at radius 1 is 1.07 bits per heavy atom. The molecule has 2 saturated heterocycles. The lowest BCUT2D eigenvalue weighted by Crippen LogP contribution is -2.51. The Labute approximate surface area is 160 Å². The number of anilines is 1. The maximum atomic E-state index is 13.0. The highest BCUT2D eigenvalue weighted by molar-refractivity contribution is 5.89. The maximum absolute atomic E-state index is 13.0. The number of piperazine rings is 1. The fourth-order valence-electron chi connectivity index (χ4n) is 4.71. The van der Waals surface area contributed by atoms with Crippen molar-refractivity contribution in [2.45, 2.75) is 52.0 Å². The number of likely N-dealkylation sites (tertiary alicyclic amines) is 1. The number of hydrogen-bond donors (Lipinski definition) is 0. The number of nitrogens with zero attached hydrogens (tertiary/aromatic N) is 5. The molecule has 0 spiro atoms. The van der Waals surface area contributed by atoms with Gasteiger partial charge in [-0.05, 0) is 26.7 Å². The molecule has 1 atom stereocenters. The molecule has 1 aromatic rings. The zero-order chi connectivity index (χ0) is 19.0. The van der Waals surface area contributed by atoms with Crippen molar-refractivity contribution >= 4 is 17.6 Å². The van der Waals surface area contributed by atoms with E-state index in [0.717, 1.165) is 43.0 Å². The highest BCUT2D eigenvalue weighted by Gasteiger charge is 2.40. The molecule has 146 valence electrons. The summed E-state index contributed by atoms with van der Waals surface area (Å²) in [7, 11) is 0. The first kappa shape index (κ1) is 18.2. The second kappa shape index (κ2) is 7.44. The molecule has 0 aromatic carbocycles. The lowest BCUT2D eigenvalue weighted by Gasteiger charge is -2.37. The summed E-state index contributed by atoms with van der Waals surface area (Å²) in [6.07, 6.45) is 6.61. The van der Waals surface area contributed by atoms with Crippen molar-refractivity contribution < 1.29 is 9.59 Å². The largest absolute Gasteiger partial charge is 0.353 e. The predicted octanol–water partition coefficient (Wildman–Crippen LogP) is 1.53. The zero-order valence-electron chi connectivity index (χ0n) is 16.4. The lowest BCUT2D eigenvalue weighted by atomic mass is 10.1. The standard InChI is InChI=1S/C20H29N5O2/c1-14-15(2)21-13-22-19(14)23-7-9-24(10-8-23)20(27)16-11-18(26)25(12-16)17-5-3-4-6-17/h13,16-17H,3-12H2,1-2H3. The minimum atomic E-state index is -0.160. The van der Waals surface area contributed by atoms with Crippen LogP contribution in [0.5, 0.6) is 0 Å². The van der Waals surface area contributed by atoms with Crippen molar-refractivity contribution in [2.75, 3.05) is 37.6 Å². The van der Waals surface area contributed by atoms with E-state index in [1.165, 1.54) is 12.8 Å². The van der Waals surface area contributed by atoms with E-state index >= 15 is 0 Å². The summed E-state index contributed by atoms with van der Waals surface area (Å²) in [4.78, 5) is 40.2. The van der Waals surface area contributed by atoms with Crippen LogP contribution in [-0.2, 0) is 9.59 Å². The van der Waals surface area contributed by atoms with Crippen molar-refractivity contribution in [1.82, 2.24) is 19.8 Å². The van der Waals surface area contributed by atoms with Gasteiger partial charge in [0, 0.05) is 56.4 Å². The number of carbonyl (C=O) groups excluding carboxylic acids is 2. The first-order chi connectivity index (χ1) is 13.0. The van der Waals surface area contributed by atoms with Gasteiger partial charge in [0.25, 0.3) is 0 Å². The Morgan fingerprint density at radius 2 is 1.78 bits per heavy atom. The summed E-state index contributed by atoms with van der Waals surface area (Å²) in [5, 5.41) is 0. The smallest absolute Gasteiger partial charge is 0.228 e. The first-order valence-corrected chi connectivity index (χ1v) is 10.2. The predicted molar refractivity (Wildman–Crippen MR) is 102 cm³/mol. The average Bonchev–Trinajstić information content (AvgIpc) is 3.33. The highest BCUT2D eigenvalue weighted by Crippen LogP contribution is 2.30. The van der Waals surface area contributed by atoms with Crippen molar-refractivity contribution in [2.24, 2.45) is 5.92 Å². The van der Waals surface area contributed by atoms with Crippen LogP contribution in [0.4, 0.5) is 5.82 Å². The van der Waals surface area contributed by atoms with E-state index in [-0.39, 0.29) is 17.7 Å². The van der Waals surface area contributed by atoms with Crippen LogP contribution in [0, 0.1) is 19.8 Å². The van der Waals surface area contributed by atoms with Crippen LogP contribution < -0.4 is 4.90 Å². The van der Waals surface area contributed by atoms with E-state index in [0.29, 0.717) is 32.1 Å². The summed E-state index contributed by atoms with van der Waals surface area (Å²) >= 11 is 0. The van der Waals surface area contributed by atoms with Gasteiger partial charge in [-0.1, -0.05) is 12.8 Å². The number of aromatic nitrogens is 2. The van der Waals surface area contributed by atoms with Gasteiger partial charge in [0.05, 0.1) is 5.92 Å². The summed E-state index contributed by atoms with van der Waals surface area (Å²) in [5.41, 5.74) is 2.10. The number of amides is 2. The van der Waals surface area contributed by atoms with Gasteiger partial charge in [-0.15, -0.1) is 0 Å². The molecule has 0 N–H and O–H groups in total. The van der Waals surface area contributed by atoms with Gasteiger partial charge in [0.1, 0.15) is 12.1 Å². The Morgan fingerprint density at radius 3 is 2.48 bits per heavy atom. The molecule has 3 heterocycles. The Bertz CT molecular complexity index is 723. The SMILES string of the molecule is Cc1ncnc(N2CCN(C(=O)C3CC(=O)N(C4CCCC4)C3)CC2)c1C. The van der Waals surface area contributed by atoms with Gasteiger partial charge in [-0.25, -0.2) is 9.97 Å². The molecule has 1 aliphatic carbocycles. The maximum Gasteiger partial charge on any atom is 0.228 e. The number of hydrogen-bond acceptors (Lipinski definition) is 5. The third kappa shape index (κ3) is 3.51. The fourth-order valence-corrected chi connectivity index (χ4v) is 4.71. The molecule has 0 bridgehead atoms. The van der Waals surface area contributed by atoms with E-state index in [9.17, 15) is 9.59 Å². The molecule has 3 fully saturated rings. The molecule has 4 rings (SSSR count). The van der Waals surface area contributed by atoms with Crippen LogP contribution in [0.2, 0.25) is 0 Å². The molecule has 3 aliphatic rings. The highest BCUT2D eigenvalue weighted by atomic mass is 16.2. The molecule has 7 nitrogen and oxygen atoms in total. The zero-order valence-corrected chi connectivity index (χ0v) is 16.4. The molecular weight excluding hydrogens is 342 g/mol. The number of aryl methyl sites for hydroxylation is 1. The van der Waals surface area contributed by atoms with Crippen LogP contribution >= 0.6 is 0 Å². The molecule has 7 heteroatoms. The third-order valence-corrected chi connectivity index (χ3v) is 6.47. The molecular formula is C20H29N5O2. The van der Waals surface area contributed by atoms with E-state index in [1.54, 1.807) is 6.33 Å². The minimum absolute atomic E-state index is 0.152. The molecule has 0 radical (unpaired) electrons. The quantitative estimate of drug-likeness (QED) is 0.806. The van der Waals surface area contributed by atoms with Crippen LogP contribution in [0.25, 0.3) is 0 Å². The molecule has 1 aromatic heterocycles. The van der Waals surface area contributed by atoms with Gasteiger partial charge in [0.2, 0.25) is 11.8 Å². The van der Waals surface area contributed by atoms with Crippen LogP contribution in [0.1, 0.15) is 43.4 Å². The lowest BCUT2D eigenvalue weighted by molar-refractivity contribution is -0.136. The summed E-state index contributed by atoms with van der Waals surface area (Å²) in [6, 6.07) is 0.371. The monoisotopic (exact) mass is 371 g/mol. The molecule has 27 heavy (non-hydrogen) atoms. The number of rotatable bonds is 3. The fraction of sp³-hybridized carbons (Fsp3) is 0.700. The summed E-state index contributed by atoms with van der Waals surface area (Å²) in [5.74, 6) is 1.13. The Balaban J connectivity index is 1.35. The van der Waals surface area contributed by atoms with Crippen molar-refractivity contribution in [3.63, 3.8) is 0 Å². The minimum Gasteiger partial charge on any atom is -0.353 e. The molecule has 2 aliphatic heterocycles. The van der Waals surface area contributed by atoms with Gasteiger partial charge in [-0.3, -0.25) is 9.59 Å². The number of carbonyl (C=O) groups is 2. The van der Waals surface area contributed by atoms with Gasteiger partial charge < -0.3 is 14.7 Å². The van der Waals surface area contributed by atoms with Crippen LogP contribution in [-0.4, -0.2) is 70.3 Å². The van der Waals surface area contributed by atoms with Gasteiger partial charge in [-0.2, -0.15) is 0 Å². The molecule has 1 saturated carbocycles. The second-order valence-corrected chi connectivity index (χ2v) is 8.11. The Kier molecular flexibility index (Phi) is 5.02. The summed E-state index contributed by atoms with van der Waals surface area (Å²) < 4.78 is 0. The van der Waals surface area contributed by atoms with E-state index in [1.807, 2.05) is 23.6 Å². The topological polar surface area (TPSA) is 69.6 Å². The Hall–Kier alpha value is -2.18. The van der Waals surface area contributed by atoms with Crippen LogP contribution in [0.3, 0.4) is 0 Å². The second-order valence-electron chi connectivity index (χ2n) is 8.11. The van der Waals surface area contributed by atoms with Gasteiger partial charge in [0.15, 0.2) is 0 Å². The first-order valence-electron chi connectivity index (χ1n) is 10.2. The van der Waals surface area contributed by atoms with Gasteiger partial charge >= 0.3 is 0 Å². The van der Waals surface area contributed by atoms with Crippen molar-refractivity contribution in [3.05, 3.63) is 17.6 Å². The molecule has 2 amide bonds. The third-order valence-electron chi connectivity index (χ3n) is 6.47. The van der Waals surface area contributed by atoms with Crippen molar-refractivity contribution in [3.8, 4) is 0 Å². The van der Waals surface area contributed by atoms with E-state index in [2.05, 4.69) is 14.9 Å². The summed E-state index contributed by atoms with van der Waals surface area (Å²) in [6.45, 7) is 7.58. The van der Waals surface area contributed by atoms with E-state index < -0.39 is 0 Å².